The fourth-order valence-corrected chi connectivity index (χ4v) is 3.01. The van der Waals surface area contributed by atoms with Crippen LogP contribution >= 0.6 is 22.6 Å². The largest absolute Gasteiger partial charge is 0.368 e. The van der Waals surface area contributed by atoms with Crippen molar-refractivity contribution in [1.29, 1.82) is 5.26 Å². The zero-order valence-electron chi connectivity index (χ0n) is 13.1. The van der Waals surface area contributed by atoms with Crippen molar-refractivity contribution >= 4 is 40.0 Å². The lowest BCUT2D eigenvalue weighted by Crippen LogP contribution is -2.50. The first-order chi connectivity index (χ1) is 11.7. The summed E-state index contributed by atoms with van der Waals surface area (Å²) >= 11 is 2.24. The predicted molar refractivity (Wildman–Crippen MR) is 103 cm³/mol. The van der Waals surface area contributed by atoms with Crippen molar-refractivity contribution in [1.82, 2.24) is 4.90 Å². The Labute approximate surface area is 155 Å². The molecule has 0 radical (unpaired) electrons. The molecule has 1 saturated heterocycles. The highest BCUT2D eigenvalue weighted by Gasteiger charge is 2.21. The van der Waals surface area contributed by atoms with Crippen LogP contribution < -0.4 is 10.2 Å². The Morgan fingerprint density at radius 2 is 1.62 bits per heavy atom. The number of rotatable bonds is 2. The van der Waals surface area contributed by atoms with Gasteiger partial charge in [-0.15, -0.1) is 0 Å². The topological polar surface area (TPSA) is 59.4 Å². The van der Waals surface area contributed by atoms with Gasteiger partial charge in [0.1, 0.15) is 0 Å². The Morgan fingerprint density at radius 1 is 1.00 bits per heavy atom. The molecule has 2 amide bonds. The molecule has 1 aliphatic heterocycles. The molecule has 1 fully saturated rings. The number of nitrogens with zero attached hydrogens (tertiary/aromatic N) is 3. The van der Waals surface area contributed by atoms with Gasteiger partial charge in [0.2, 0.25) is 0 Å². The van der Waals surface area contributed by atoms with E-state index in [9.17, 15) is 4.79 Å². The molecule has 1 heterocycles. The second-order valence-electron chi connectivity index (χ2n) is 5.57. The van der Waals surface area contributed by atoms with Crippen LogP contribution in [0.3, 0.4) is 0 Å². The molecule has 2 aromatic rings. The van der Waals surface area contributed by atoms with Gasteiger partial charge in [0.05, 0.1) is 11.6 Å². The molecule has 2 aromatic carbocycles. The van der Waals surface area contributed by atoms with E-state index in [2.05, 4.69) is 38.9 Å². The van der Waals surface area contributed by atoms with Gasteiger partial charge in [0.15, 0.2) is 0 Å². The summed E-state index contributed by atoms with van der Waals surface area (Å²) in [5.41, 5.74) is 2.57. The van der Waals surface area contributed by atoms with E-state index in [0.29, 0.717) is 18.7 Å². The quantitative estimate of drug-likeness (QED) is 0.740. The van der Waals surface area contributed by atoms with Crippen LogP contribution in [0.5, 0.6) is 0 Å². The Hall–Kier alpha value is -2.27. The van der Waals surface area contributed by atoms with E-state index in [0.717, 1.165) is 28.0 Å². The number of hydrogen-bond donors (Lipinski definition) is 1. The van der Waals surface area contributed by atoms with Crippen molar-refractivity contribution in [3.8, 4) is 6.07 Å². The number of carbonyl (C=O) groups excluding carboxylic acids is 1. The summed E-state index contributed by atoms with van der Waals surface area (Å²) in [6.07, 6.45) is 0. The standard InChI is InChI=1S/C18H17IN4O/c19-15-3-5-16(6-4-15)21-18(24)23-11-9-22(10-12-23)17-7-1-14(13-20)2-8-17/h1-8H,9-12H2,(H,21,24). The predicted octanol–water partition coefficient (Wildman–Crippen LogP) is 3.52. The summed E-state index contributed by atoms with van der Waals surface area (Å²) in [6, 6.07) is 17.4. The molecule has 0 bridgehead atoms. The molecule has 0 unspecified atom stereocenters. The molecule has 1 aliphatic rings. The molecule has 6 heteroatoms. The zero-order chi connectivity index (χ0) is 16.9. The van der Waals surface area contributed by atoms with E-state index in [-0.39, 0.29) is 6.03 Å². The van der Waals surface area contributed by atoms with Crippen LogP contribution in [0.4, 0.5) is 16.2 Å². The second kappa shape index (κ2) is 7.53. The Morgan fingerprint density at radius 3 is 2.21 bits per heavy atom. The first-order valence-corrected chi connectivity index (χ1v) is 8.80. The fraction of sp³-hybridized carbons (Fsp3) is 0.222. The Bertz CT molecular complexity index is 744. The van der Waals surface area contributed by atoms with Crippen LogP contribution in [0.25, 0.3) is 0 Å². The normalized spacial score (nSPS) is 14.2. The minimum absolute atomic E-state index is 0.0595. The van der Waals surface area contributed by atoms with Gasteiger partial charge in [0, 0.05) is 41.1 Å². The molecule has 122 valence electrons. The van der Waals surface area contributed by atoms with Gasteiger partial charge < -0.3 is 15.1 Å². The maximum Gasteiger partial charge on any atom is 0.321 e. The lowest BCUT2D eigenvalue weighted by Gasteiger charge is -2.36. The lowest BCUT2D eigenvalue weighted by atomic mass is 10.2. The summed E-state index contributed by atoms with van der Waals surface area (Å²) in [7, 11) is 0. The molecule has 0 aromatic heterocycles. The van der Waals surface area contributed by atoms with E-state index >= 15 is 0 Å². The molecule has 0 spiro atoms. The van der Waals surface area contributed by atoms with Gasteiger partial charge in [-0.2, -0.15) is 5.26 Å². The SMILES string of the molecule is N#Cc1ccc(N2CCN(C(=O)Nc3ccc(I)cc3)CC2)cc1. The smallest absolute Gasteiger partial charge is 0.321 e. The summed E-state index contributed by atoms with van der Waals surface area (Å²) in [6.45, 7) is 2.92. The maximum atomic E-state index is 12.3. The van der Waals surface area contributed by atoms with Gasteiger partial charge >= 0.3 is 6.03 Å². The van der Waals surface area contributed by atoms with Crippen LogP contribution in [0.15, 0.2) is 48.5 Å². The monoisotopic (exact) mass is 432 g/mol. The third-order valence-electron chi connectivity index (χ3n) is 4.02. The van der Waals surface area contributed by atoms with Crippen molar-refractivity contribution in [2.45, 2.75) is 0 Å². The number of carbonyl (C=O) groups is 1. The number of nitriles is 1. The van der Waals surface area contributed by atoms with Crippen LogP contribution in [0.1, 0.15) is 5.56 Å². The van der Waals surface area contributed by atoms with Crippen LogP contribution in [0.2, 0.25) is 0 Å². The number of urea groups is 1. The van der Waals surface area contributed by atoms with Crippen molar-refractivity contribution in [3.63, 3.8) is 0 Å². The van der Waals surface area contributed by atoms with Gasteiger partial charge in [0.25, 0.3) is 0 Å². The summed E-state index contributed by atoms with van der Waals surface area (Å²) in [5, 5.41) is 11.8. The first kappa shape index (κ1) is 16.6. The Kier molecular flexibility index (Phi) is 5.20. The van der Waals surface area contributed by atoms with Gasteiger partial charge in [-0.25, -0.2) is 4.79 Å². The molecular formula is C18H17IN4O. The summed E-state index contributed by atoms with van der Waals surface area (Å²) < 4.78 is 1.14. The van der Waals surface area contributed by atoms with E-state index in [1.165, 1.54) is 0 Å². The molecule has 0 atom stereocenters. The highest BCUT2D eigenvalue weighted by atomic mass is 127. The minimum Gasteiger partial charge on any atom is -0.368 e. The average molecular weight is 432 g/mol. The van der Waals surface area contributed by atoms with Crippen molar-refractivity contribution in [2.24, 2.45) is 0 Å². The average Bonchev–Trinajstić information content (AvgIpc) is 2.64. The van der Waals surface area contributed by atoms with Crippen LogP contribution in [-0.2, 0) is 0 Å². The number of anilines is 2. The number of halogens is 1. The van der Waals surface area contributed by atoms with E-state index < -0.39 is 0 Å². The fourth-order valence-electron chi connectivity index (χ4n) is 2.65. The highest BCUT2D eigenvalue weighted by molar-refractivity contribution is 14.1. The molecule has 0 saturated carbocycles. The zero-order valence-corrected chi connectivity index (χ0v) is 15.2. The van der Waals surface area contributed by atoms with Gasteiger partial charge in [-0.05, 0) is 71.1 Å². The summed E-state index contributed by atoms with van der Waals surface area (Å²) in [5.74, 6) is 0. The van der Waals surface area contributed by atoms with E-state index in [1.54, 1.807) is 0 Å². The molecule has 1 N–H and O–H groups in total. The first-order valence-electron chi connectivity index (χ1n) is 7.72. The van der Waals surface area contributed by atoms with Crippen LogP contribution in [-0.4, -0.2) is 37.1 Å². The molecule has 24 heavy (non-hydrogen) atoms. The number of amides is 2. The highest BCUT2D eigenvalue weighted by Crippen LogP contribution is 2.18. The maximum absolute atomic E-state index is 12.3. The van der Waals surface area contributed by atoms with E-state index in [1.807, 2.05) is 53.4 Å². The lowest BCUT2D eigenvalue weighted by molar-refractivity contribution is 0.208. The number of hydrogen-bond acceptors (Lipinski definition) is 3. The van der Waals surface area contributed by atoms with Crippen LogP contribution in [0, 0.1) is 14.9 Å². The third kappa shape index (κ3) is 3.97. The van der Waals surface area contributed by atoms with Gasteiger partial charge in [-0.3, -0.25) is 0 Å². The number of benzene rings is 2. The Balaban J connectivity index is 1.55. The molecule has 5 nitrogen and oxygen atoms in total. The second-order valence-corrected chi connectivity index (χ2v) is 6.82. The van der Waals surface area contributed by atoms with Crippen molar-refractivity contribution in [2.75, 3.05) is 36.4 Å². The van der Waals surface area contributed by atoms with Crippen molar-refractivity contribution < 1.29 is 4.79 Å². The van der Waals surface area contributed by atoms with Crippen molar-refractivity contribution in [3.05, 3.63) is 57.7 Å². The third-order valence-corrected chi connectivity index (χ3v) is 4.74. The molecule has 0 aliphatic carbocycles. The molecular weight excluding hydrogens is 415 g/mol. The minimum atomic E-state index is -0.0595. The van der Waals surface area contributed by atoms with Gasteiger partial charge in [-0.1, -0.05) is 0 Å². The molecule has 3 rings (SSSR count). The number of nitrogens with one attached hydrogen (secondary N) is 1. The number of piperazine rings is 1. The van der Waals surface area contributed by atoms with E-state index in [4.69, 9.17) is 5.26 Å². The summed E-state index contributed by atoms with van der Waals surface area (Å²) in [4.78, 5) is 16.4.